The fourth-order valence-electron chi connectivity index (χ4n) is 2.35. The van der Waals surface area contributed by atoms with Gasteiger partial charge in [0.15, 0.2) is 0 Å². The molecular formula is C16H18IN3O. The molecule has 1 heterocycles. The van der Waals surface area contributed by atoms with E-state index in [4.69, 9.17) is 0 Å². The molecule has 1 aromatic carbocycles. The van der Waals surface area contributed by atoms with E-state index >= 15 is 0 Å². The van der Waals surface area contributed by atoms with Crippen LogP contribution in [-0.2, 0) is 4.79 Å². The molecule has 4 nitrogen and oxygen atoms in total. The molecule has 0 aromatic heterocycles. The van der Waals surface area contributed by atoms with E-state index < -0.39 is 0 Å². The van der Waals surface area contributed by atoms with Crippen molar-refractivity contribution in [2.45, 2.75) is 26.2 Å². The Balaban J connectivity index is 2.09. The van der Waals surface area contributed by atoms with Crippen molar-refractivity contribution in [3.05, 3.63) is 39.1 Å². The van der Waals surface area contributed by atoms with Crippen molar-refractivity contribution in [1.82, 2.24) is 4.90 Å². The number of nitriles is 1. The molecule has 0 spiro atoms. The van der Waals surface area contributed by atoms with Crippen molar-refractivity contribution < 1.29 is 4.79 Å². The van der Waals surface area contributed by atoms with Crippen molar-refractivity contribution in [1.29, 1.82) is 5.26 Å². The number of nitrogens with zero attached hydrogens (tertiary/aromatic N) is 2. The van der Waals surface area contributed by atoms with Crippen LogP contribution in [0.15, 0.2) is 30.0 Å². The maximum Gasteiger partial charge on any atom is 0.266 e. The Kier molecular flexibility index (Phi) is 5.62. The molecule has 1 fully saturated rings. The monoisotopic (exact) mass is 395 g/mol. The van der Waals surface area contributed by atoms with Crippen LogP contribution in [0.3, 0.4) is 0 Å². The fourth-order valence-corrected chi connectivity index (χ4v) is 3.00. The standard InChI is InChI=1S/C16H18IN3O/c1-12-9-14(17)5-6-15(12)19-11-13(10-18)16(21)20-7-3-2-4-8-20/h5-6,9,11,19H,2-4,7-8H2,1H3/b13-11-. The molecule has 0 atom stereocenters. The van der Waals surface area contributed by atoms with Crippen molar-refractivity contribution >= 4 is 34.2 Å². The third kappa shape index (κ3) is 4.21. The average molecular weight is 395 g/mol. The molecule has 0 saturated carbocycles. The number of piperidine rings is 1. The largest absolute Gasteiger partial charge is 0.360 e. The first-order valence-corrected chi connectivity index (χ1v) is 8.12. The molecule has 1 aliphatic rings. The number of rotatable bonds is 3. The van der Waals surface area contributed by atoms with E-state index in [9.17, 15) is 10.1 Å². The Hall–Kier alpha value is -1.55. The van der Waals surface area contributed by atoms with E-state index in [1.807, 2.05) is 25.1 Å². The van der Waals surface area contributed by atoms with Crippen molar-refractivity contribution in [2.75, 3.05) is 18.4 Å². The minimum Gasteiger partial charge on any atom is -0.360 e. The van der Waals surface area contributed by atoms with Gasteiger partial charge in [-0.25, -0.2) is 0 Å². The second kappa shape index (κ2) is 7.46. The average Bonchev–Trinajstić information content (AvgIpc) is 2.50. The zero-order valence-corrected chi connectivity index (χ0v) is 14.2. The Bertz CT molecular complexity index is 598. The second-order valence-corrected chi connectivity index (χ2v) is 6.37. The number of nitrogens with one attached hydrogen (secondary N) is 1. The van der Waals surface area contributed by atoms with Crippen LogP contribution < -0.4 is 5.32 Å². The second-order valence-electron chi connectivity index (χ2n) is 5.13. The normalized spacial score (nSPS) is 15.5. The molecular weight excluding hydrogens is 377 g/mol. The van der Waals surface area contributed by atoms with Crippen LogP contribution in [0, 0.1) is 21.8 Å². The van der Waals surface area contributed by atoms with Gasteiger partial charge in [-0.1, -0.05) is 0 Å². The number of likely N-dealkylation sites (tertiary alicyclic amines) is 1. The summed E-state index contributed by atoms with van der Waals surface area (Å²) < 4.78 is 1.16. The minimum atomic E-state index is -0.173. The lowest BCUT2D eigenvalue weighted by molar-refractivity contribution is -0.127. The molecule has 1 N–H and O–H groups in total. The molecule has 21 heavy (non-hydrogen) atoms. The lowest BCUT2D eigenvalue weighted by Gasteiger charge is -2.26. The van der Waals surface area contributed by atoms with Crippen LogP contribution in [-0.4, -0.2) is 23.9 Å². The predicted molar refractivity (Wildman–Crippen MR) is 91.6 cm³/mol. The number of anilines is 1. The third-order valence-electron chi connectivity index (χ3n) is 3.55. The van der Waals surface area contributed by atoms with Gasteiger partial charge in [-0.2, -0.15) is 5.26 Å². The Labute approximate surface area is 139 Å². The summed E-state index contributed by atoms with van der Waals surface area (Å²) in [5, 5.41) is 12.3. The number of hydrogen-bond acceptors (Lipinski definition) is 3. The van der Waals surface area contributed by atoms with Gasteiger partial charge >= 0.3 is 0 Å². The molecule has 0 bridgehead atoms. The number of carbonyl (C=O) groups is 1. The molecule has 0 unspecified atom stereocenters. The van der Waals surface area contributed by atoms with E-state index in [1.54, 1.807) is 4.90 Å². The summed E-state index contributed by atoms with van der Waals surface area (Å²) >= 11 is 2.25. The summed E-state index contributed by atoms with van der Waals surface area (Å²) in [6.45, 7) is 3.50. The number of hydrogen-bond donors (Lipinski definition) is 1. The lowest BCUT2D eigenvalue weighted by Crippen LogP contribution is -2.36. The minimum absolute atomic E-state index is 0.162. The highest BCUT2D eigenvalue weighted by atomic mass is 127. The number of aryl methyl sites for hydroxylation is 1. The van der Waals surface area contributed by atoms with Crippen LogP contribution in [0.5, 0.6) is 0 Å². The number of carbonyl (C=O) groups excluding carboxylic acids is 1. The van der Waals surface area contributed by atoms with Gasteiger partial charge in [0.2, 0.25) is 0 Å². The first kappa shape index (κ1) is 15.8. The van der Waals surface area contributed by atoms with Crippen molar-refractivity contribution in [3.63, 3.8) is 0 Å². The van der Waals surface area contributed by atoms with Gasteiger partial charge in [0, 0.05) is 28.5 Å². The molecule has 1 saturated heterocycles. The summed E-state index contributed by atoms with van der Waals surface area (Å²) in [4.78, 5) is 14.0. The van der Waals surface area contributed by atoms with Gasteiger partial charge in [0.25, 0.3) is 5.91 Å². The number of benzene rings is 1. The Morgan fingerprint density at radius 2 is 2.10 bits per heavy atom. The molecule has 0 aliphatic carbocycles. The SMILES string of the molecule is Cc1cc(I)ccc1N/C=C(/C#N)C(=O)N1CCCCC1. The zero-order valence-electron chi connectivity index (χ0n) is 12.0. The Morgan fingerprint density at radius 3 is 2.71 bits per heavy atom. The topological polar surface area (TPSA) is 56.1 Å². The molecule has 1 aromatic rings. The van der Waals surface area contributed by atoms with E-state index in [1.165, 1.54) is 6.20 Å². The summed E-state index contributed by atoms with van der Waals surface area (Å²) in [7, 11) is 0. The van der Waals surface area contributed by atoms with Crippen LogP contribution in [0.25, 0.3) is 0 Å². The molecule has 1 aliphatic heterocycles. The van der Waals surface area contributed by atoms with E-state index in [2.05, 4.69) is 34.0 Å². The van der Waals surface area contributed by atoms with Crippen LogP contribution >= 0.6 is 22.6 Å². The maximum absolute atomic E-state index is 12.3. The van der Waals surface area contributed by atoms with Gasteiger partial charge in [-0.05, 0) is 72.5 Å². The quantitative estimate of drug-likeness (QED) is 0.485. The molecule has 5 heteroatoms. The smallest absolute Gasteiger partial charge is 0.266 e. The van der Waals surface area contributed by atoms with E-state index in [0.29, 0.717) is 0 Å². The summed E-state index contributed by atoms with van der Waals surface area (Å²) in [5.41, 5.74) is 2.16. The van der Waals surface area contributed by atoms with Crippen LogP contribution in [0.4, 0.5) is 5.69 Å². The van der Waals surface area contributed by atoms with Crippen molar-refractivity contribution in [3.8, 4) is 6.07 Å². The Morgan fingerprint density at radius 1 is 1.38 bits per heavy atom. The zero-order chi connectivity index (χ0) is 15.2. The van der Waals surface area contributed by atoms with E-state index in [0.717, 1.165) is 47.2 Å². The first-order chi connectivity index (χ1) is 10.1. The summed E-state index contributed by atoms with van der Waals surface area (Å²) in [5.74, 6) is -0.173. The maximum atomic E-state index is 12.3. The molecule has 0 radical (unpaired) electrons. The highest BCUT2D eigenvalue weighted by Gasteiger charge is 2.20. The predicted octanol–water partition coefficient (Wildman–Crippen LogP) is 3.43. The van der Waals surface area contributed by atoms with Gasteiger partial charge in [0.1, 0.15) is 11.6 Å². The first-order valence-electron chi connectivity index (χ1n) is 7.04. The number of halogens is 1. The summed E-state index contributed by atoms with van der Waals surface area (Å²) in [6, 6.07) is 8.00. The van der Waals surface area contributed by atoms with Gasteiger partial charge in [-0.15, -0.1) is 0 Å². The highest BCUT2D eigenvalue weighted by Crippen LogP contribution is 2.18. The van der Waals surface area contributed by atoms with Gasteiger partial charge < -0.3 is 10.2 Å². The molecule has 110 valence electrons. The molecule has 1 amide bonds. The summed E-state index contributed by atoms with van der Waals surface area (Å²) in [6.07, 6.45) is 4.73. The third-order valence-corrected chi connectivity index (χ3v) is 4.23. The molecule has 2 rings (SSSR count). The fraction of sp³-hybridized carbons (Fsp3) is 0.375. The van der Waals surface area contributed by atoms with Crippen LogP contribution in [0.1, 0.15) is 24.8 Å². The van der Waals surface area contributed by atoms with Crippen LogP contribution in [0.2, 0.25) is 0 Å². The lowest BCUT2D eigenvalue weighted by atomic mass is 10.1. The number of amides is 1. The van der Waals surface area contributed by atoms with Gasteiger partial charge in [0.05, 0.1) is 0 Å². The van der Waals surface area contributed by atoms with Gasteiger partial charge in [-0.3, -0.25) is 4.79 Å². The van der Waals surface area contributed by atoms with E-state index in [-0.39, 0.29) is 11.5 Å². The highest BCUT2D eigenvalue weighted by molar-refractivity contribution is 14.1. The van der Waals surface area contributed by atoms with Crippen molar-refractivity contribution in [2.24, 2.45) is 0 Å².